The van der Waals surface area contributed by atoms with Gasteiger partial charge in [0.2, 0.25) is 0 Å². The summed E-state index contributed by atoms with van der Waals surface area (Å²) in [6.45, 7) is 6.70. The predicted molar refractivity (Wildman–Crippen MR) is 73.4 cm³/mol. The molecule has 1 aromatic rings. The predicted octanol–water partition coefficient (Wildman–Crippen LogP) is 4.11. The Morgan fingerprint density at radius 1 is 1.38 bits per heavy atom. The number of thiophene rings is 1. The number of rotatable bonds is 3. The van der Waals surface area contributed by atoms with Crippen LogP contribution in [0.15, 0.2) is 17.5 Å². The van der Waals surface area contributed by atoms with Gasteiger partial charge in [-0.25, -0.2) is 0 Å². The van der Waals surface area contributed by atoms with Gasteiger partial charge in [-0.05, 0) is 37.6 Å². The Kier molecular flexibility index (Phi) is 4.09. The van der Waals surface area contributed by atoms with E-state index in [-0.39, 0.29) is 0 Å². The molecule has 1 saturated heterocycles. The summed E-state index contributed by atoms with van der Waals surface area (Å²) in [5.74, 6) is 1.26. The van der Waals surface area contributed by atoms with Crippen LogP contribution >= 0.6 is 27.3 Å². The average Bonchev–Trinajstić information content (AvgIpc) is 2.77. The molecule has 5 atom stereocenters. The number of alkyl halides is 1. The van der Waals surface area contributed by atoms with Crippen molar-refractivity contribution in [3.05, 3.63) is 22.4 Å². The normalized spacial score (nSPS) is 36.5. The van der Waals surface area contributed by atoms with E-state index in [4.69, 9.17) is 4.74 Å². The summed E-state index contributed by atoms with van der Waals surface area (Å²) in [6.07, 6.45) is 1.88. The highest BCUT2D eigenvalue weighted by atomic mass is 79.9. The van der Waals surface area contributed by atoms with Gasteiger partial charge in [0.15, 0.2) is 0 Å². The second-order valence-electron chi connectivity index (χ2n) is 4.78. The fourth-order valence-electron chi connectivity index (χ4n) is 2.67. The number of hydrogen-bond acceptors (Lipinski definition) is 2. The van der Waals surface area contributed by atoms with E-state index in [1.165, 1.54) is 4.88 Å². The van der Waals surface area contributed by atoms with Gasteiger partial charge in [0, 0.05) is 15.6 Å². The number of halogens is 1. The Bertz CT molecular complexity index is 325. The van der Waals surface area contributed by atoms with Crippen LogP contribution in [0.1, 0.15) is 25.6 Å². The third-order valence-corrected chi connectivity index (χ3v) is 5.55. The minimum Gasteiger partial charge on any atom is -0.375 e. The molecule has 5 unspecified atom stereocenters. The first kappa shape index (κ1) is 12.6. The molecule has 2 heterocycles. The summed E-state index contributed by atoms with van der Waals surface area (Å²) in [4.78, 5) is 1.99. The molecule has 90 valence electrons. The zero-order valence-electron chi connectivity index (χ0n) is 10.0. The van der Waals surface area contributed by atoms with Crippen LogP contribution in [0.2, 0.25) is 0 Å². The van der Waals surface area contributed by atoms with Crippen LogP contribution < -0.4 is 0 Å². The van der Waals surface area contributed by atoms with E-state index < -0.39 is 0 Å². The molecular weight excluding hydrogens is 284 g/mol. The van der Waals surface area contributed by atoms with Crippen LogP contribution in [0.4, 0.5) is 0 Å². The highest BCUT2D eigenvalue weighted by molar-refractivity contribution is 9.09. The number of hydrogen-bond donors (Lipinski definition) is 0. The molecule has 1 fully saturated rings. The average molecular weight is 303 g/mol. The van der Waals surface area contributed by atoms with Crippen molar-refractivity contribution in [2.45, 2.75) is 44.2 Å². The molecule has 0 amide bonds. The molecule has 3 heteroatoms. The van der Waals surface area contributed by atoms with Crippen LogP contribution in [0.3, 0.4) is 0 Å². The molecule has 0 bridgehead atoms. The third-order valence-electron chi connectivity index (χ3n) is 3.71. The van der Waals surface area contributed by atoms with Gasteiger partial charge in [0.1, 0.15) is 0 Å². The third kappa shape index (κ3) is 2.52. The zero-order valence-corrected chi connectivity index (χ0v) is 12.4. The Hall–Kier alpha value is 0.140. The van der Waals surface area contributed by atoms with E-state index in [1.54, 1.807) is 0 Å². The van der Waals surface area contributed by atoms with Gasteiger partial charge < -0.3 is 4.74 Å². The van der Waals surface area contributed by atoms with Crippen molar-refractivity contribution >= 4 is 27.3 Å². The molecule has 1 nitrogen and oxygen atoms in total. The second kappa shape index (κ2) is 5.19. The van der Waals surface area contributed by atoms with Gasteiger partial charge in [-0.3, -0.25) is 0 Å². The highest BCUT2D eigenvalue weighted by Crippen LogP contribution is 2.38. The van der Waals surface area contributed by atoms with Gasteiger partial charge in [-0.2, -0.15) is 0 Å². The van der Waals surface area contributed by atoms with E-state index in [9.17, 15) is 0 Å². The Morgan fingerprint density at radius 2 is 2.12 bits per heavy atom. The molecule has 2 rings (SSSR count). The molecule has 0 saturated carbocycles. The van der Waals surface area contributed by atoms with Crippen molar-refractivity contribution < 1.29 is 4.74 Å². The Morgan fingerprint density at radius 3 is 2.62 bits per heavy atom. The Labute approximate surface area is 110 Å². The van der Waals surface area contributed by atoms with E-state index >= 15 is 0 Å². The summed E-state index contributed by atoms with van der Waals surface area (Å²) in [5, 5.41) is 2.15. The maximum Gasteiger partial charge on any atom is 0.0593 e. The first-order valence-electron chi connectivity index (χ1n) is 5.91. The monoisotopic (exact) mass is 302 g/mol. The summed E-state index contributed by atoms with van der Waals surface area (Å²) in [5.41, 5.74) is 0. The van der Waals surface area contributed by atoms with E-state index in [1.807, 2.05) is 11.3 Å². The SMILES string of the molecule is CC1OC(C)C(C(Br)Cc2cccs2)C1C. The quantitative estimate of drug-likeness (QED) is 0.763. The van der Waals surface area contributed by atoms with Gasteiger partial charge in [-0.15, -0.1) is 11.3 Å². The van der Waals surface area contributed by atoms with Crippen molar-refractivity contribution in [1.82, 2.24) is 0 Å². The van der Waals surface area contributed by atoms with Crippen molar-refractivity contribution in [3.63, 3.8) is 0 Å². The van der Waals surface area contributed by atoms with Gasteiger partial charge in [0.05, 0.1) is 12.2 Å². The molecule has 0 aliphatic carbocycles. The smallest absolute Gasteiger partial charge is 0.0593 e. The van der Waals surface area contributed by atoms with Crippen LogP contribution in [-0.2, 0) is 11.2 Å². The summed E-state index contributed by atoms with van der Waals surface area (Å²) >= 11 is 5.70. The first-order chi connectivity index (χ1) is 7.59. The largest absolute Gasteiger partial charge is 0.375 e. The molecular formula is C13H19BrOS. The highest BCUT2D eigenvalue weighted by Gasteiger charge is 2.40. The molecule has 16 heavy (non-hydrogen) atoms. The van der Waals surface area contributed by atoms with Crippen molar-refractivity contribution in [2.24, 2.45) is 11.8 Å². The minimum atomic E-state index is 0.370. The number of ether oxygens (including phenoxy) is 1. The molecule has 0 radical (unpaired) electrons. The van der Waals surface area contributed by atoms with Gasteiger partial charge in [-0.1, -0.05) is 28.9 Å². The van der Waals surface area contributed by atoms with Gasteiger partial charge in [0.25, 0.3) is 0 Å². The molecule has 1 aliphatic rings. The lowest BCUT2D eigenvalue weighted by molar-refractivity contribution is 0.0511. The molecule has 0 aromatic carbocycles. The maximum atomic E-state index is 5.90. The lowest BCUT2D eigenvalue weighted by atomic mass is 9.85. The lowest BCUT2D eigenvalue weighted by Crippen LogP contribution is -2.28. The molecule has 0 spiro atoms. The first-order valence-corrected chi connectivity index (χ1v) is 7.71. The van der Waals surface area contributed by atoms with Crippen molar-refractivity contribution in [3.8, 4) is 0 Å². The lowest BCUT2D eigenvalue weighted by Gasteiger charge is -2.23. The van der Waals surface area contributed by atoms with E-state index in [2.05, 4.69) is 54.2 Å². The molecule has 1 aromatic heterocycles. The van der Waals surface area contributed by atoms with Crippen molar-refractivity contribution in [1.29, 1.82) is 0 Å². The summed E-state index contributed by atoms with van der Waals surface area (Å²) < 4.78 is 5.90. The minimum absolute atomic E-state index is 0.370. The van der Waals surface area contributed by atoms with Crippen LogP contribution in [0.25, 0.3) is 0 Å². The van der Waals surface area contributed by atoms with Gasteiger partial charge >= 0.3 is 0 Å². The zero-order chi connectivity index (χ0) is 11.7. The van der Waals surface area contributed by atoms with Crippen molar-refractivity contribution in [2.75, 3.05) is 0 Å². The van der Waals surface area contributed by atoms with Crippen LogP contribution in [0.5, 0.6) is 0 Å². The van der Waals surface area contributed by atoms with E-state index in [0.717, 1.165) is 6.42 Å². The fraction of sp³-hybridized carbons (Fsp3) is 0.692. The second-order valence-corrected chi connectivity index (χ2v) is 6.99. The molecule has 0 N–H and O–H groups in total. The van der Waals surface area contributed by atoms with Crippen LogP contribution in [-0.4, -0.2) is 17.0 Å². The summed E-state index contributed by atoms with van der Waals surface area (Å²) in [7, 11) is 0. The van der Waals surface area contributed by atoms with Crippen LogP contribution in [0, 0.1) is 11.8 Å². The maximum absolute atomic E-state index is 5.90. The fourth-order valence-corrected chi connectivity index (χ4v) is 4.91. The standard InChI is InChI=1S/C13H19BrOS/c1-8-9(2)15-10(3)13(8)12(14)7-11-5-4-6-16-11/h4-6,8-10,12-13H,7H2,1-3H3. The molecule has 1 aliphatic heterocycles. The topological polar surface area (TPSA) is 9.23 Å². The summed E-state index contributed by atoms with van der Waals surface area (Å²) in [6, 6.07) is 4.34. The van der Waals surface area contributed by atoms with E-state index in [0.29, 0.717) is 28.9 Å². The Balaban J connectivity index is 2.01.